The van der Waals surface area contributed by atoms with Crippen LogP contribution in [0.2, 0.25) is 0 Å². The first-order valence-electron chi connectivity index (χ1n) is 11.3. The zero-order valence-corrected chi connectivity index (χ0v) is 19.7. The zero-order valence-electron chi connectivity index (χ0n) is 19.7. The molecule has 0 spiro atoms. The number of phenolic OH excluding ortho intramolecular Hbond substituents is 1. The summed E-state index contributed by atoms with van der Waals surface area (Å²) in [6.07, 6.45) is -4.59. The normalized spacial score (nSPS) is 11.5. The molecule has 0 unspecified atom stereocenters. The van der Waals surface area contributed by atoms with Gasteiger partial charge in [-0.05, 0) is 55.0 Å². The number of hydrogen-bond acceptors (Lipinski definition) is 5. The Hall–Kier alpha value is -5.06. The zero-order chi connectivity index (χ0) is 27.0. The topological polar surface area (TPSA) is 120 Å². The first-order valence-corrected chi connectivity index (χ1v) is 11.3. The lowest BCUT2D eigenvalue weighted by molar-refractivity contribution is -0.137. The fourth-order valence-corrected chi connectivity index (χ4v) is 3.91. The number of para-hydroxylation sites is 2. The van der Waals surface area contributed by atoms with Gasteiger partial charge in [0.05, 0.1) is 11.3 Å². The number of aromatic nitrogens is 2. The van der Waals surface area contributed by atoms with Crippen LogP contribution in [0.5, 0.6) is 5.75 Å². The van der Waals surface area contributed by atoms with Crippen molar-refractivity contribution in [3.8, 4) is 17.0 Å². The Morgan fingerprint density at radius 2 is 1.71 bits per heavy atom. The van der Waals surface area contributed by atoms with Gasteiger partial charge < -0.3 is 20.2 Å². The van der Waals surface area contributed by atoms with E-state index in [2.05, 4.69) is 20.8 Å². The van der Waals surface area contributed by atoms with Gasteiger partial charge in [-0.2, -0.15) is 18.3 Å². The molecule has 0 atom stereocenters. The Kier molecular flexibility index (Phi) is 6.11. The van der Waals surface area contributed by atoms with Crippen molar-refractivity contribution in [3.63, 3.8) is 0 Å². The van der Waals surface area contributed by atoms with E-state index in [0.29, 0.717) is 22.2 Å². The lowest BCUT2D eigenvalue weighted by Crippen LogP contribution is -2.17. The predicted octanol–water partition coefficient (Wildman–Crippen LogP) is 6.36. The van der Waals surface area contributed by atoms with Gasteiger partial charge in [-0.1, -0.05) is 30.3 Å². The molecule has 5 rings (SSSR count). The molecule has 5 aromatic rings. The maximum atomic E-state index is 13.1. The van der Waals surface area contributed by atoms with E-state index < -0.39 is 23.6 Å². The van der Waals surface area contributed by atoms with Gasteiger partial charge in [-0.25, -0.2) is 0 Å². The highest BCUT2D eigenvalue weighted by Gasteiger charge is 2.31. The number of carbonyl (C=O) groups excluding carboxylic acids is 2. The molecule has 0 bridgehead atoms. The molecule has 192 valence electrons. The third kappa shape index (κ3) is 4.69. The third-order valence-corrected chi connectivity index (χ3v) is 5.82. The molecule has 0 saturated carbocycles. The predicted molar refractivity (Wildman–Crippen MR) is 134 cm³/mol. The first kappa shape index (κ1) is 24.6. The second-order valence-corrected chi connectivity index (χ2v) is 8.43. The number of aromatic amines is 1. The molecule has 2 aromatic heterocycles. The van der Waals surface area contributed by atoms with Crippen molar-refractivity contribution in [2.75, 3.05) is 10.6 Å². The van der Waals surface area contributed by atoms with Crippen molar-refractivity contribution in [2.45, 2.75) is 13.1 Å². The summed E-state index contributed by atoms with van der Waals surface area (Å²) in [7, 11) is 0. The number of aromatic hydroxyl groups is 1. The average Bonchev–Trinajstić information content (AvgIpc) is 3.51. The number of H-pyrrole nitrogens is 1. The molecule has 4 N–H and O–H groups in total. The molecule has 3 aromatic carbocycles. The van der Waals surface area contributed by atoms with Crippen LogP contribution in [0, 0.1) is 6.92 Å². The molecule has 11 heteroatoms. The first-order chi connectivity index (χ1) is 18.1. The van der Waals surface area contributed by atoms with E-state index >= 15 is 0 Å². The van der Waals surface area contributed by atoms with E-state index in [-0.39, 0.29) is 34.2 Å². The van der Waals surface area contributed by atoms with Crippen LogP contribution in [0.1, 0.15) is 32.2 Å². The number of carbonyl (C=O) groups is 2. The molecular formula is C27H19F3N4O4. The summed E-state index contributed by atoms with van der Waals surface area (Å²) in [5.74, 6) is -1.78. The molecule has 8 nitrogen and oxygen atoms in total. The Morgan fingerprint density at radius 3 is 2.50 bits per heavy atom. The number of phenols is 1. The average molecular weight is 520 g/mol. The number of nitrogens with one attached hydrogen (secondary N) is 3. The van der Waals surface area contributed by atoms with Crippen molar-refractivity contribution in [1.29, 1.82) is 0 Å². The lowest BCUT2D eigenvalue weighted by atomic mass is 10.1. The summed E-state index contributed by atoms with van der Waals surface area (Å²) >= 11 is 0. The number of hydrogen-bond donors (Lipinski definition) is 4. The lowest BCUT2D eigenvalue weighted by Gasteiger charge is -2.10. The van der Waals surface area contributed by atoms with E-state index in [1.54, 1.807) is 49.4 Å². The highest BCUT2D eigenvalue weighted by molar-refractivity contribution is 6.16. The quantitative estimate of drug-likeness (QED) is 0.215. The van der Waals surface area contributed by atoms with Crippen molar-refractivity contribution < 1.29 is 32.3 Å². The second-order valence-electron chi connectivity index (χ2n) is 8.43. The molecule has 0 saturated heterocycles. The summed E-state index contributed by atoms with van der Waals surface area (Å²) in [6.45, 7) is 1.73. The summed E-state index contributed by atoms with van der Waals surface area (Å²) in [5, 5.41) is 22.5. The summed E-state index contributed by atoms with van der Waals surface area (Å²) in [5.41, 5.74) is 0.720. The van der Waals surface area contributed by atoms with Crippen LogP contribution in [0.15, 0.2) is 77.2 Å². The van der Waals surface area contributed by atoms with Crippen LogP contribution >= 0.6 is 0 Å². The number of rotatable bonds is 5. The van der Waals surface area contributed by atoms with Crippen LogP contribution < -0.4 is 10.6 Å². The molecule has 0 radical (unpaired) electrons. The van der Waals surface area contributed by atoms with Crippen LogP contribution in [0.3, 0.4) is 0 Å². The molecule has 0 aliphatic heterocycles. The van der Waals surface area contributed by atoms with E-state index in [4.69, 9.17) is 4.42 Å². The summed E-state index contributed by atoms with van der Waals surface area (Å²) < 4.78 is 44.9. The number of fused-ring (bicyclic) bond motifs is 1. The Bertz CT molecular complexity index is 1690. The van der Waals surface area contributed by atoms with Gasteiger partial charge in [-0.15, -0.1) is 0 Å². The Balaban J connectivity index is 1.45. The summed E-state index contributed by atoms with van der Waals surface area (Å²) in [6, 6.07) is 17.3. The Morgan fingerprint density at radius 1 is 0.947 bits per heavy atom. The number of nitrogens with zero attached hydrogens (tertiary/aromatic N) is 1. The number of anilines is 2. The SMILES string of the molecule is Cc1cccc(-c2cc(C(=O)Nc3c(C(=O)Nc4cccc(C(F)(F)F)c4)oc4ccccc34)[nH]n2)c1O. The van der Waals surface area contributed by atoms with Crippen LogP contribution in [0.25, 0.3) is 22.2 Å². The number of alkyl halides is 3. The molecular weight excluding hydrogens is 501 g/mol. The fraction of sp³-hybridized carbons (Fsp3) is 0.0741. The molecule has 2 amide bonds. The molecule has 0 fully saturated rings. The third-order valence-electron chi connectivity index (χ3n) is 5.82. The van der Waals surface area contributed by atoms with Crippen LogP contribution in [-0.4, -0.2) is 27.1 Å². The smallest absolute Gasteiger partial charge is 0.416 e. The number of furan rings is 1. The second kappa shape index (κ2) is 9.43. The largest absolute Gasteiger partial charge is 0.507 e. The van der Waals surface area contributed by atoms with E-state index in [0.717, 1.165) is 12.1 Å². The van der Waals surface area contributed by atoms with Crippen molar-refractivity contribution in [1.82, 2.24) is 10.2 Å². The fourth-order valence-electron chi connectivity index (χ4n) is 3.91. The van der Waals surface area contributed by atoms with Crippen molar-refractivity contribution in [3.05, 3.63) is 95.4 Å². The molecule has 0 aliphatic carbocycles. The summed E-state index contributed by atoms with van der Waals surface area (Å²) in [4.78, 5) is 26.2. The molecule has 38 heavy (non-hydrogen) atoms. The minimum absolute atomic E-state index is 0.0281. The van der Waals surface area contributed by atoms with E-state index in [1.807, 2.05) is 0 Å². The standard InChI is InChI=1S/C27H19F3N4O4/c1-14-6-4-10-17(23(14)35)19-13-20(34-33-19)25(36)32-22-18-9-2-3-11-21(18)38-24(22)26(37)31-16-8-5-7-15(12-16)27(28,29)30/h2-13,35H,1H3,(H,31,37)(H,32,36)(H,33,34). The minimum atomic E-state index is -4.59. The van der Waals surface area contributed by atoms with E-state index in [9.17, 15) is 27.9 Å². The van der Waals surface area contributed by atoms with E-state index in [1.165, 1.54) is 18.2 Å². The number of amides is 2. The van der Waals surface area contributed by atoms with Gasteiger partial charge >= 0.3 is 6.18 Å². The van der Waals surface area contributed by atoms with Crippen molar-refractivity contribution in [2.24, 2.45) is 0 Å². The highest BCUT2D eigenvalue weighted by atomic mass is 19.4. The van der Waals surface area contributed by atoms with Crippen LogP contribution in [-0.2, 0) is 6.18 Å². The number of halogens is 3. The van der Waals surface area contributed by atoms with Crippen LogP contribution in [0.4, 0.5) is 24.5 Å². The van der Waals surface area contributed by atoms with Gasteiger partial charge in [0.15, 0.2) is 0 Å². The highest BCUT2D eigenvalue weighted by Crippen LogP contribution is 2.34. The van der Waals surface area contributed by atoms with Gasteiger partial charge in [0, 0.05) is 16.6 Å². The van der Waals surface area contributed by atoms with Gasteiger partial charge in [0.2, 0.25) is 5.76 Å². The van der Waals surface area contributed by atoms with Gasteiger partial charge in [-0.3, -0.25) is 14.7 Å². The maximum absolute atomic E-state index is 13.1. The van der Waals surface area contributed by atoms with Gasteiger partial charge in [0.25, 0.3) is 11.8 Å². The molecule has 0 aliphatic rings. The number of benzene rings is 3. The Labute approximate surface area is 213 Å². The van der Waals surface area contributed by atoms with Crippen molar-refractivity contribution >= 4 is 34.2 Å². The van der Waals surface area contributed by atoms with Gasteiger partial charge in [0.1, 0.15) is 22.7 Å². The minimum Gasteiger partial charge on any atom is -0.507 e. The monoisotopic (exact) mass is 520 g/mol. The molecule has 2 heterocycles. The maximum Gasteiger partial charge on any atom is 0.416 e. The number of aryl methyl sites for hydroxylation is 1.